The fourth-order valence-corrected chi connectivity index (χ4v) is 4.59. The molecule has 0 radical (unpaired) electrons. The third-order valence-corrected chi connectivity index (χ3v) is 6.26. The summed E-state index contributed by atoms with van der Waals surface area (Å²) in [5, 5.41) is 6.49. The van der Waals surface area contributed by atoms with Crippen molar-refractivity contribution in [3.8, 4) is 11.5 Å². The van der Waals surface area contributed by atoms with Crippen molar-refractivity contribution >= 4 is 45.5 Å². The first-order chi connectivity index (χ1) is 16.6. The summed E-state index contributed by atoms with van der Waals surface area (Å²) in [6, 6.07) is 18.3. The van der Waals surface area contributed by atoms with Gasteiger partial charge in [0.25, 0.3) is 5.91 Å². The van der Waals surface area contributed by atoms with Gasteiger partial charge in [-0.2, -0.15) is 5.10 Å². The van der Waals surface area contributed by atoms with Crippen LogP contribution in [-0.2, 0) is 16.1 Å². The summed E-state index contributed by atoms with van der Waals surface area (Å²) in [5.74, 6) is 1.20. The minimum absolute atomic E-state index is 0.145. The highest BCUT2D eigenvalue weighted by Gasteiger charge is 2.15. The second-order valence-electron chi connectivity index (χ2n) is 7.87. The van der Waals surface area contributed by atoms with Crippen molar-refractivity contribution in [1.82, 2.24) is 10.3 Å². The van der Waals surface area contributed by atoms with Crippen LogP contribution in [0, 0.1) is 3.57 Å². The Labute approximate surface area is 213 Å². The van der Waals surface area contributed by atoms with Crippen LogP contribution in [0.15, 0.2) is 59.7 Å². The van der Waals surface area contributed by atoms with Crippen LogP contribution in [0.2, 0.25) is 0 Å². The molecular formula is C26H28IN3O4. The van der Waals surface area contributed by atoms with Crippen molar-refractivity contribution in [2.75, 3.05) is 39.5 Å². The Hall–Kier alpha value is -2.69. The maximum Gasteiger partial charge on any atom is 0.254 e. The predicted molar refractivity (Wildman–Crippen MR) is 142 cm³/mol. The molecule has 0 saturated carbocycles. The zero-order valence-corrected chi connectivity index (χ0v) is 21.3. The summed E-state index contributed by atoms with van der Waals surface area (Å²) in [5.41, 5.74) is 4.53. The van der Waals surface area contributed by atoms with E-state index in [1.165, 1.54) is 10.8 Å². The Kier molecular flexibility index (Phi) is 8.73. The Morgan fingerprint density at radius 3 is 2.76 bits per heavy atom. The normalized spacial score (nSPS) is 14.4. The summed E-state index contributed by atoms with van der Waals surface area (Å²) in [4.78, 5) is 14.2. The fraction of sp³-hybridized carbons (Fsp3) is 0.308. The van der Waals surface area contributed by atoms with Gasteiger partial charge in [0.15, 0.2) is 11.5 Å². The van der Waals surface area contributed by atoms with Gasteiger partial charge in [0.05, 0.1) is 36.2 Å². The summed E-state index contributed by atoms with van der Waals surface area (Å²) < 4.78 is 18.3. The number of rotatable bonds is 9. The van der Waals surface area contributed by atoms with Gasteiger partial charge in [-0.3, -0.25) is 9.69 Å². The first-order valence-corrected chi connectivity index (χ1v) is 12.4. The van der Waals surface area contributed by atoms with E-state index in [0.717, 1.165) is 27.8 Å². The number of nitrogens with one attached hydrogen (secondary N) is 1. The van der Waals surface area contributed by atoms with Gasteiger partial charge in [0.2, 0.25) is 0 Å². The molecule has 8 heteroatoms. The van der Waals surface area contributed by atoms with Crippen molar-refractivity contribution in [2.45, 2.75) is 13.5 Å². The molecule has 0 aliphatic carbocycles. The number of nitrogens with zero attached hydrogens (tertiary/aromatic N) is 2. The Morgan fingerprint density at radius 2 is 1.94 bits per heavy atom. The van der Waals surface area contributed by atoms with E-state index in [1.54, 1.807) is 6.21 Å². The monoisotopic (exact) mass is 573 g/mol. The molecule has 0 bridgehead atoms. The van der Waals surface area contributed by atoms with E-state index < -0.39 is 0 Å². The van der Waals surface area contributed by atoms with Gasteiger partial charge < -0.3 is 14.2 Å². The second kappa shape index (κ2) is 12.1. The molecule has 1 N–H and O–H groups in total. The van der Waals surface area contributed by atoms with Crippen LogP contribution in [0.25, 0.3) is 10.8 Å². The number of ether oxygens (including phenoxy) is 3. The number of benzene rings is 3. The van der Waals surface area contributed by atoms with Gasteiger partial charge in [0, 0.05) is 13.1 Å². The van der Waals surface area contributed by atoms with Gasteiger partial charge in [-0.05, 0) is 63.5 Å². The number of hydrazone groups is 1. The molecule has 0 unspecified atom stereocenters. The topological polar surface area (TPSA) is 72.4 Å². The van der Waals surface area contributed by atoms with Crippen LogP contribution in [0.4, 0.5) is 0 Å². The van der Waals surface area contributed by atoms with Crippen molar-refractivity contribution in [3.05, 3.63) is 69.3 Å². The van der Waals surface area contributed by atoms with Gasteiger partial charge in [-0.1, -0.05) is 42.5 Å². The van der Waals surface area contributed by atoms with Gasteiger partial charge in [-0.25, -0.2) is 5.43 Å². The molecule has 0 atom stereocenters. The molecule has 3 aromatic rings. The molecule has 1 saturated heterocycles. The smallest absolute Gasteiger partial charge is 0.254 e. The Morgan fingerprint density at radius 1 is 1.15 bits per heavy atom. The van der Waals surface area contributed by atoms with Gasteiger partial charge >= 0.3 is 0 Å². The number of carbonyl (C=O) groups is 1. The van der Waals surface area contributed by atoms with Crippen LogP contribution >= 0.6 is 22.6 Å². The van der Waals surface area contributed by atoms with E-state index in [4.69, 9.17) is 14.2 Å². The fourth-order valence-electron chi connectivity index (χ4n) is 3.81. The van der Waals surface area contributed by atoms with E-state index >= 15 is 0 Å². The molecule has 0 spiro atoms. The third kappa shape index (κ3) is 6.46. The minimum Gasteiger partial charge on any atom is -0.490 e. The molecule has 3 aromatic carbocycles. The lowest BCUT2D eigenvalue weighted by Crippen LogP contribution is -2.42. The third-order valence-electron chi connectivity index (χ3n) is 5.46. The molecule has 1 fully saturated rings. The lowest BCUT2D eigenvalue weighted by atomic mass is 10.1. The van der Waals surface area contributed by atoms with Crippen LogP contribution in [0.5, 0.6) is 11.5 Å². The molecule has 1 aliphatic heterocycles. The van der Waals surface area contributed by atoms with Crippen LogP contribution < -0.4 is 14.9 Å². The molecule has 1 aliphatic rings. The number of hydrogen-bond acceptors (Lipinski definition) is 6. The number of morpholine rings is 1. The minimum atomic E-state index is -0.145. The highest BCUT2D eigenvalue weighted by molar-refractivity contribution is 14.1. The summed E-state index contributed by atoms with van der Waals surface area (Å²) in [6.45, 7) is 6.02. The number of hydrogen-bond donors (Lipinski definition) is 1. The van der Waals surface area contributed by atoms with Crippen LogP contribution in [0.3, 0.4) is 0 Å². The van der Waals surface area contributed by atoms with Gasteiger partial charge in [-0.15, -0.1) is 0 Å². The molecule has 0 aromatic heterocycles. The Balaban J connectivity index is 1.43. The molecule has 7 nitrogen and oxygen atoms in total. The highest BCUT2D eigenvalue weighted by atomic mass is 127. The van der Waals surface area contributed by atoms with Crippen molar-refractivity contribution in [3.63, 3.8) is 0 Å². The first-order valence-electron chi connectivity index (χ1n) is 11.3. The largest absolute Gasteiger partial charge is 0.490 e. The lowest BCUT2D eigenvalue weighted by Gasteiger charge is -2.25. The van der Waals surface area contributed by atoms with E-state index in [-0.39, 0.29) is 5.91 Å². The van der Waals surface area contributed by atoms with E-state index in [9.17, 15) is 4.79 Å². The van der Waals surface area contributed by atoms with Crippen molar-refractivity contribution in [2.24, 2.45) is 5.10 Å². The van der Waals surface area contributed by atoms with Crippen LogP contribution in [-0.4, -0.2) is 56.5 Å². The maximum absolute atomic E-state index is 12.2. The average molecular weight is 573 g/mol. The standard InChI is InChI=1S/C26H28IN3O4/c1-2-33-24-15-19(16-28-29-25(31)17-30-10-12-32-13-11-30)14-23(27)26(24)34-18-21-8-5-7-20-6-3-4-9-22(20)21/h3-9,14-16H,2,10-13,17-18H2,1H3,(H,29,31)/b28-16-. The number of halogens is 1. The summed E-state index contributed by atoms with van der Waals surface area (Å²) >= 11 is 2.24. The summed E-state index contributed by atoms with van der Waals surface area (Å²) in [7, 11) is 0. The number of amides is 1. The SMILES string of the molecule is CCOc1cc(/C=N\NC(=O)CN2CCOCC2)cc(I)c1OCc1cccc2ccccc12. The molecule has 1 heterocycles. The molecule has 4 rings (SSSR count). The van der Waals surface area contributed by atoms with E-state index in [0.29, 0.717) is 44.5 Å². The molecule has 178 valence electrons. The predicted octanol–water partition coefficient (Wildman–Crippen LogP) is 4.20. The van der Waals surface area contributed by atoms with Crippen molar-refractivity contribution < 1.29 is 19.0 Å². The van der Waals surface area contributed by atoms with Crippen molar-refractivity contribution in [1.29, 1.82) is 0 Å². The highest BCUT2D eigenvalue weighted by Crippen LogP contribution is 2.35. The number of carbonyl (C=O) groups excluding carboxylic acids is 1. The van der Waals surface area contributed by atoms with Gasteiger partial charge in [0.1, 0.15) is 6.61 Å². The average Bonchev–Trinajstić information content (AvgIpc) is 2.84. The van der Waals surface area contributed by atoms with E-state index in [2.05, 4.69) is 57.4 Å². The maximum atomic E-state index is 12.2. The summed E-state index contributed by atoms with van der Waals surface area (Å²) in [6.07, 6.45) is 1.62. The zero-order valence-electron chi connectivity index (χ0n) is 19.1. The second-order valence-corrected chi connectivity index (χ2v) is 9.03. The Bertz CT molecular complexity index is 1160. The zero-order chi connectivity index (χ0) is 23.8. The quantitative estimate of drug-likeness (QED) is 0.236. The number of fused-ring (bicyclic) bond motifs is 1. The molecule has 34 heavy (non-hydrogen) atoms. The molecule has 1 amide bonds. The lowest BCUT2D eigenvalue weighted by molar-refractivity contribution is -0.123. The van der Waals surface area contributed by atoms with E-state index in [1.807, 2.05) is 42.2 Å². The molecular weight excluding hydrogens is 545 g/mol. The van der Waals surface area contributed by atoms with Crippen LogP contribution in [0.1, 0.15) is 18.1 Å². The first kappa shape index (κ1) is 24.4.